The first-order valence-electron chi connectivity index (χ1n) is 14.4. The summed E-state index contributed by atoms with van der Waals surface area (Å²) in [7, 11) is 1.63. The van der Waals surface area contributed by atoms with Gasteiger partial charge in [0.05, 0.1) is 19.6 Å². The molecule has 39 heavy (non-hydrogen) atoms. The Labute approximate surface area is 239 Å². The molecule has 1 amide bonds. The smallest absolute Gasteiger partial charge is 0.262 e. The number of thioether (sulfide) groups is 1. The van der Waals surface area contributed by atoms with Crippen LogP contribution in [-0.2, 0) is 11.3 Å². The summed E-state index contributed by atoms with van der Waals surface area (Å²) in [5.74, 6) is 2.64. The Morgan fingerprint density at radius 2 is 1.67 bits per heavy atom. The van der Waals surface area contributed by atoms with Crippen molar-refractivity contribution in [3.8, 4) is 17.2 Å². The Hall–Kier alpha value is -2.80. The Kier molecular flexibility index (Phi) is 14.0. The lowest BCUT2D eigenvalue weighted by atomic mass is 10.1. The van der Waals surface area contributed by atoms with E-state index in [4.69, 9.17) is 14.2 Å². The Bertz CT molecular complexity index is 1040. The summed E-state index contributed by atoms with van der Waals surface area (Å²) >= 11 is 1.84. The summed E-state index contributed by atoms with van der Waals surface area (Å²) < 4.78 is 17.2. The molecule has 0 spiro atoms. The minimum Gasteiger partial charge on any atom is -0.493 e. The van der Waals surface area contributed by atoms with Crippen LogP contribution in [0.3, 0.4) is 0 Å². The SMILES string of the molecule is CCCCCCCCCCCCOc1cc(OCC(=O)Nc2cccc(CN3C=C(C)SC3)c2)ccc1OC. The normalized spacial score (nSPS) is 12.8. The third kappa shape index (κ3) is 11.9. The number of methoxy groups -OCH3 is 1. The fourth-order valence-electron chi connectivity index (χ4n) is 4.57. The Morgan fingerprint density at radius 3 is 2.36 bits per heavy atom. The third-order valence-electron chi connectivity index (χ3n) is 6.68. The quantitative estimate of drug-likeness (QED) is 0.176. The standard InChI is InChI=1S/C32H46N2O4S/c1-4-5-6-7-8-9-10-11-12-13-19-37-31-21-29(17-18-30(31)36-3)38-24-32(35)33-28-16-14-15-27(20-28)23-34-22-26(2)39-25-34/h14-18,20-22H,4-13,19,23-25H2,1-3H3,(H,33,35). The molecule has 6 nitrogen and oxygen atoms in total. The van der Waals surface area contributed by atoms with Crippen LogP contribution in [-0.4, -0.2) is 37.0 Å². The van der Waals surface area contributed by atoms with Crippen LogP contribution in [0.1, 0.15) is 83.6 Å². The fraction of sp³-hybridized carbons (Fsp3) is 0.531. The van der Waals surface area contributed by atoms with E-state index >= 15 is 0 Å². The highest BCUT2D eigenvalue weighted by molar-refractivity contribution is 8.03. The third-order valence-corrected chi connectivity index (χ3v) is 7.70. The topological polar surface area (TPSA) is 60.0 Å². The van der Waals surface area contributed by atoms with Gasteiger partial charge >= 0.3 is 0 Å². The number of ether oxygens (including phenoxy) is 3. The van der Waals surface area contributed by atoms with E-state index in [1.807, 2.05) is 36.0 Å². The van der Waals surface area contributed by atoms with Crippen molar-refractivity contribution < 1.29 is 19.0 Å². The van der Waals surface area contributed by atoms with E-state index in [1.54, 1.807) is 19.2 Å². The number of hydrogen-bond acceptors (Lipinski definition) is 6. The highest BCUT2D eigenvalue weighted by atomic mass is 32.2. The van der Waals surface area contributed by atoms with Gasteiger partial charge in [-0.15, -0.1) is 11.8 Å². The van der Waals surface area contributed by atoms with Crippen LogP contribution < -0.4 is 19.5 Å². The molecule has 0 bridgehead atoms. The van der Waals surface area contributed by atoms with E-state index < -0.39 is 0 Å². The van der Waals surface area contributed by atoms with Gasteiger partial charge in [-0.25, -0.2) is 0 Å². The van der Waals surface area contributed by atoms with Gasteiger partial charge in [0.2, 0.25) is 0 Å². The van der Waals surface area contributed by atoms with Crippen molar-refractivity contribution >= 4 is 23.4 Å². The summed E-state index contributed by atoms with van der Waals surface area (Å²) in [4.78, 5) is 16.2. The second-order valence-electron chi connectivity index (χ2n) is 10.1. The van der Waals surface area contributed by atoms with Crippen LogP contribution in [0.2, 0.25) is 0 Å². The first-order chi connectivity index (χ1) is 19.1. The number of carbonyl (C=O) groups excluding carboxylic acids is 1. The number of allylic oxidation sites excluding steroid dienone is 1. The van der Waals surface area contributed by atoms with Crippen LogP contribution in [0, 0.1) is 0 Å². The van der Waals surface area contributed by atoms with Crippen molar-refractivity contribution in [1.82, 2.24) is 4.90 Å². The van der Waals surface area contributed by atoms with Gasteiger partial charge in [0.15, 0.2) is 18.1 Å². The number of rotatable bonds is 19. The average Bonchev–Trinajstić information content (AvgIpc) is 3.35. The molecule has 0 saturated heterocycles. The molecule has 1 aliphatic heterocycles. The molecule has 7 heteroatoms. The number of nitrogens with one attached hydrogen (secondary N) is 1. The summed E-state index contributed by atoms with van der Waals surface area (Å²) in [5.41, 5.74) is 1.92. The van der Waals surface area contributed by atoms with E-state index in [-0.39, 0.29) is 12.5 Å². The summed E-state index contributed by atoms with van der Waals surface area (Å²) in [6.45, 7) is 5.75. The molecule has 2 aromatic carbocycles. The Balaban J connectivity index is 1.37. The molecule has 0 aliphatic carbocycles. The molecular weight excluding hydrogens is 508 g/mol. The first kappa shape index (κ1) is 30.7. The second kappa shape index (κ2) is 17.7. The van der Waals surface area contributed by atoms with Gasteiger partial charge in [-0.3, -0.25) is 4.79 Å². The monoisotopic (exact) mass is 554 g/mol. The summed E-state index contributed by atoms with van der Waals surface area (Å²) in [6.07, 6.45) is 15.0. The lowest BCUT2D eigenvalue weighted by Crippen LogP contribution is -2.20. The molecule has 214 valence electrons. The van der Waals surface area contributed by atoms with Crippen molar-refractivity contribution in [2.45, 2.75) is 84.6 Å². The molecule has 0 radical (unpaired) electrons. The summed E-state index contributed by atoms with van der Waals surface area (Å²) in [6, 6.07) is 13.4. The molecule has 1 heterocycles. The highest BCUT2D eigenvalue weighted by Gasteiger charge is 2.12. The number of unbranched alkanes of at least 4 members (excludes halogenated alkanes) is 9. The fourth-order valence-corrected chi connectivity index (χ4v) is 5.33. The second-order valence-corrected chi connectivity index (χ2v) is 11.3. The number of nitrogens with zero attached hydrogens (tertiary/aromatic N) is 1. The molecule has 3 rings (SSSR count). The minimum absolute atomic E-state index is 0.0842. The van der Waals surface area contributed by atoms with E-state index in [0.717, 1.165) is 30.1 Å². The van der Waals surface area contributed by atoms with Gasteiger partial charge in [-0.05, 0) is 48.1 Å². The predicted octanol–water partition coefficient (Wildman–Crippen LogP) is 8.38. The van der Waals surface area contributed by atoms with Crippen molar-refractivity contribution in [1.29, 1.82) is 0 Å². The van der Waals surface area contributed by atoms with Crippen molar-refractivity contribution in [3.05, 3.63) is 59.1 Å². The lowest BCUT2D eigenvalue weighted by molar-refractivity contribution is -0.118. The number of carbonyl (C=O) groups is 1. The maximum atomic E-state index is 12.6. The van der Waals surface area contributed by atoms with E-state index in [2.05, 4.69) is 36.3 Å². The predicted molar refractivity (Wildman–Crippen MR) is 163 cm³/mol. The van der Waals surface area contributed by atoms with Gasteiger partial charge < -0.3 is 24.4 Å². The van der Waals surface area contributed by atoms with E-state index in [0.29, 0.717) is 23.9 Å². The molecule has 1 N–H and O–H groups in total. The van der Waals surface area contributed by atoms with E-state index in [1.165, 1.54) is 62.7 Å². The van der Waals surface area contributed by atoms with Crippen LogP contribution >= 0.6 is 11.8 Å². The van der Waals surface area contributed by atoms with E-state index in [9.17, 15) is 4.79 Å². The molecule has 1 aliphatic rings. The van der Waals surface area contributed by atoms with Gasteiger partial charge in [-0.2, -0.15) is 0 Å². The molecular formula is C32H46N2O4S. The zero-order chi connectivity index (χ0) is 27.7. The van der Waals surface area contributed by atoms with Crippen molar-refractivity contribution in [2.24, 2.45) is 0 Å². The maximum Gasteiger partial charge on any atom is 0.262 e. The summed E-state index contributed by atoms with van der Waals surface area (Å²) in [5, 5.41) is 2.94. The van der Waals surface area contributed by atoms with Crippen molar-refractivity contribution in [2.75, 3.05) is 31.5 Å². The number of benzene rings is 2. The lowest BCUT2D eigenvalue weighted by Gasteiger charge is -2.15. The molecule has 0 saturated carbocycles. The van der Waals surface area contributed by atoms with Gasteiger partial charge in [0, 0.05) is 24.5 Å². The molecule has 2 aromatic rings. The van der Waals surface area contributed by atoms with Crippen LogP contribution in [0.4, 0.5) is 5.69 Å². The van der Waals surface area contributed by atoms with Crippen LogP contribution in [0.25, 0.3) is 0 Å². The maximum absolute atomic E-state index is 12.6. The molecule has 0 unspecified atom stereocenters. The zero-order valence-electron chi connectivity index (χ0n) is 24.0. The number of amides is 1. The molecule has 0 atom stereocenters. The van der Waals surface area contributed by atoms with Gasteiger partial charge in [0.1, 0.15) is 5.75 Å². The van der Waals surface area contributed by atoms with Crippen molar-refractivity contribution in [3.63, 3.8) is 0 Å². The minimum atomic E-state index is -0.205. The average molecular weight is 555 g/mol. The molecule has 0 fully saturated rings. The van der Waals surface area contributed by atoms with Gasteiger partial charge in [-0.1, -0.05) is 76.8 Å². The Morgan fingerprint density at radius 1 is 0.923 bits per heavy atom. The first-order valence-corrected chi connectivity index (χ1v) is 15.4. The zero-order valence-corrected chi connectivity index (χ0v) is 24.8. The number of anilines is 1. The van der Waals surface area contributed by atoms with Crippen LogP contribution in [0.15, 0.2) is 53.6 Å². The van der Waals surface area contributed by atoms with Crippen LogP contribution in [0.5, 0.6) is 17.2 Å². The molecule has 0 aromatic heterocycles. The van der Waals surface area contributed by atoms with Gasteiger partial charge in [0.25, 0.3) is 5.91 Å². The number of hydrogen-bond donors (Lipinski definition) is 1. The highest BCUT2D eigenvalue weighted by Crippen LogP contribution is 2.32. The largest absolute Gasteiger partial charge is 0.493 e.